The summed E-state index contributed by atoms with van der Waals surface area (Å²) in [6.45, 7) is 4.78. The molecule has 2 rings (SSSR count). The van der Waals surface area contributed by atoms with Crippen molar-refractivity contribution in [3.8, 4) is 0 Å². The van der Waals surface area contributed by atoms with Gasteiger partial charge in [0.2, 0.25) is 0 Å². The van der Waals surface area contributed by atoms with Crippen LogP contribution in [0.5, 0.6) is 0 Å². The summed E-state index contributed by atoms with van der Waals surface area (Å²) in [5, 5.41) is 5.79. The van der Waals surface area contributed by atoms with Crippen LogP contribution >= 0.6 is 0 Å². The van der Waals surface area contributed by atoms with E-state index < -0.39 is 29.3 Å². The van der Waals surface area contributed by atoms with Gasteiger partial charge in [-0.25, -0.2) is 0 Å². The second kappa shape index (κ2) is 8.76. The Morgan fingerprint density at radius 3 is 1.25 bits per heavy atom. The molecule has 2 aromatic rings. The van der Waals surface area contributed by atoms with Crippen molar-refractivity contribution < 1.29 is 0 Å². The van der Waals surface area contributed by atoms with Gasteiger partial charge < -0.3 is 0 Å². The molecule has 2 unspecified atom stereocenters. The summed E-state index contributed by atoms with van der Waals surface area (Å²) >= 11 is -1.60. The van der Waals surface area contributed by atoms with Crippen LogP contribution in [0.4, 0.5) is 0 Å². The molecule has 0 bridgehead atoms. The quantitative estimate of drug-likeness (QED) is 0.631. The summed E-state index contributed by atoms with van der Waals surface area (Å²) in [5.74, 6) is 0. The Kier molecular flexibility index (Phi) is 6.98. The van der Waals surface area contributed by atoms with Crippen molar-refractivity contribution in [2.24, 2.45) is 0 Å². The van der Waals surface area contributed by atoms with Crippen LogP contribution in [0.1, 0.15) is 13.8 Å². The molecule has 0 saturated carbocycles. The van der Waals surface area contributed by atoms with Crippen molar-refractivity contribution in [3.05, 3.63) is 60.7 Å². The first kappa shape index (κ1) is 15.9. The summed E-state index contributed by atoms with van der Waals surface area (Å²) in [7, 11) is 0. The molecule has 2 heteroatoms. The van der Waals surface area contributed by atoms with Crippen molar-refractivity contribution in [1.82, 2.24) is 0 Å². The molecule has 0 amide bonds. The van der Waals surface area contributed by atoms with Crippen molar-refractivity contribution in [3.63, 3.8) is 0 Å². The molecule has 0 aromatic heterocycles. The van der Waals surface area contributed by atoms with E-state index in [0.29, 0.717) is 0 Å². The van der Waals surface area contributed by atoms with Crippen molar-refractivity contribution in [2.75, 3.05) is 0 Å². The first-order valence-electron chi connectivity index (χ1n) is 7.45. The first-order chi connectivity index (χ1) is 9.85. The minimum atomic E-state index is -0.802. The molecule has 2 atom stereocenters. The van der Waals surface area contributed by atoms with Crippen molar-refractivity contribution in [2.45, 2.75) is 34.7 Å². The third-order valence-corrected chi connectivity index (χ3v) is 16.0. The zero-order chi connectivity index (χ0) is 14.2. The Balaban J connectivity index is 1.99. The van der Waals surface area contributed by atoms with Gasteiger partial charge in [0, 0.05) is 0 Å². The second-order valence-electron chi connectivity index (χ2n) is 4.83. The molecule has 0 saturated heterocycles. The fraction of sp³-hybridized carbons (Fsp3) is 0.333. The normalized spacial score (nSPS) is 13.9. The van der Waals surface area contributed by atoms with E-state index >= 15 is 0 Å². The maximum absolute atomic E-state index is 2.39. The Labute approximate surface area is 133 Å². The van der Waals surface area contributed by atoms with Gasteiger partial charge in [-0.1, -0.05) is 0 Å². The standard InChI is InChI=1S/C18H24As2/c1-3-19(17-11-7-5-8-12-17)15-16-20(4-2)18-13-9-6-10-14-18/h5-14H,3-4,15-16H2,1-2H3. The Morgan fingerprint density at radius 2 is 0.950 bits per heavy atom. The SMILES string of the molecule is CC[As](CC[As](CC)c1ccccc1)c1ccccc1. The molecule has 0 aliphatic rings. The monoisotopic (exact) mass is 390 g/mol. The predicted molar refractivity (Wildman–Crippen MR) is 94.2 cm³/mol. The Hall–Kier alpha value is -0.443. The van der Waals surface area contributed by atoms with E-state index in [0.717, 1.165) is 0 Å². The van der Waals surface area contributed by atoms with E-state index in [-0.39, 0.29) is 0 Å². The summed E-state index contributed by atoms with van der Waals surface area (Å²) < 4.78 is 3.33. The minimum absolute atomic E-state index is 0.802. The van der Waals surface area contributed by atoms with Crippen LogP contribution in [-0.2, 0) is 0 Å². The molecule has 0 heterocycles. The van der Waals surface area contributed by atoms with Crippen LogP contribution in [0.25, 0.3) is 0 Å². The third-order valence-electron chi connectivity index (χ3n) is 3.65. The molecule has 0 nitrogen and oxygen atoms in total. The molecule has 0 spiro atoms. The molecule has 106 valence electrons. The summed E-state index contributed by atoms with van der Waals surface area (Å²) in [6, 6.07) is 22.5. The van der Waals surface area contributed by atoms with Crippen LogP contribution in [0.2, 0.25) is 20.8 Å². The Bertz CT molecular complexity index is 434. The van der Waals surface area contributed by atoms with Gasteiger partial charge in [0.15, 0.2) is 0 Å². The average Bonchev–Trinajstić information content (AvgIpc) is 2.53. The van der Waals surface area contributed by atoms with Gasteiger partial charge in [0.05, 0.1) is 0 Å². The fourth-order valence-electron chi connectivity index (χ4n) is 2.46. The molecular weight excluding hydrogens is 366 g/mol. The zero-order valence-corrected chi connectivity index (χ0v) is 16.2. The predicted octanol–water partition coefficient (Wildman–Crippen LogP) is 3.83. The number of hydrogen-bond donors (Lipinski definition) is 0. The van der Waals surface area contributed by atoms with Gasteiger partial charge in [-0.2, -0.15) is 0 Å². The number of hydrogen-bond acceptors (Lipinski definition) is 0. The second-order valence-corrected chi connectivity index (χ2v) is 16.1. The van der Waals surface area contributed by atoms with Crippen LogP contribution in [0, 0.1) is 0 Å². The summed E-state index contributed by atoms with van der Waals surface area (Å²) in [4.78, 5) is 0. The molecule has 0 aliphatic heterocycles. The summed E-state index contributed by atoms with van der Waals surface area (Å²) in [5.41, 5.74) is 0. The van der Waals surface area contributed by atoms with Crippen LogP contribution in [0.3, 0.4) is 0 Å². The molecule has 2 aromatic carbocycles. The zero-order valence-electron chi connectivity index (χ0n) is 12.5. The van der Waals surface area contributed by atoms with Gasteiger partial charge in [0.1, 0.15) is 0 Å². The molecule has 0 fully saturated rings. The fourth-order valence-corrected chi connectivity index (χ4v) is 15.2. The van der Waals surface area contributed by atoms with Gasteiger partial charge in [0.25, 0.3) is 0 Å². The first-order valence-corrected chi connectivity index (χ1v) is 14.6. The topological polar surface area (TPSA) is 0 Å². The van der Waals surface area contributed by atoms with E-state index in [1.54, 1.807) is 8.70 Å². The number of benzene rings is 2. The Morgan fingerprint density at radius 1 is 0.600 bits per heavy atom. The van der Waals surface area contributed by atoms with Crippen LogP contribution < -0.4 is 8.70 Å². The molecule has 0 radical (unpaired) electrons. The molecule has 0 N–H and O–H groups in total. The van der Waals surface area contributed by atoms with Gasteiger partial charge >= 0.3 is 133 Å². The van der Waals surface area contributed by atoms with Crippen LogP contribution in [-0.4, -0.2) is 29.3 Å². The maximum atomic E-state index is 2.39. The summed E-state index contributed by atoms with van der Waals surface area (Å²) in [6.07, 6.45) is 0. The van der Waals surface area contributed by atoms with Crippen molar-refractivity contribution >= 4 is 38.0 Å². The third kappa shape index (κ3) is 4.54. The van der Waals surface area contributed by atoms with Crippen LogP contribution in [0.15, 0.2) is 60.7 Å². The van der Waals surface area contributed by atoms with E-state index in [2.05, 4.69) is 74.5 Å². The number of rotatable bonds is 7. The van der Waals surface area contributed by atoms with E-state index in [1.807, 2.05) is 0 Å². The van der Waals surface area contributed by atoms with E-state index in [1.165, 1.54) is 20.8 Å². The van der Waals surface area contributed by atoms with Gasteiger partial charge in [-0.3, -0.25) is 0 Å². The molecular formula is C18H24As2. The van der Waals surface area contributed by atoms with Gasteiger partial charge in [-0.15, -0.1) is 0 Å². The van der Waals surface area contributed by atoms with E-state index in [4.69, 9.17) is 0 Å². The van der Waals surface area contributed by atoms with E-state index in [9.17, 15) is 0 Å². The molecule has 0 aliphatic carbocycles. The average molecular weight is 390 g/mol. The van der Waals surface area contributed by atoms with Gasteiger partial charge in [-0.05, 0) is 0 Å². The van der Waals surface area contributed by atoms with Crippen molar-refractivity contribution in [1.29, 1.82) is 0 Å². The molecule has 20 heavy (non-hydrogen) atoms.